The number of benzene rings is 1. The van der Waals surface area contributed by atoms with Gasteiger partial charge in [0, 0.05) is 11.6 Å². The summed E-state index contributed by atoms with van der Waals surface area (Å²) in [5, 5.41) is 9.82. The van der Waals surface area contributed by atoms with Crippen LogP contribution in [0, 0.1) is 18.3 Å². The van der Waals surface area contributed by atoms with Crippen LogP contribution < -0.4 is 16.0 Å². The van der Waals surface area contributed by atoms with E-state index < -0.39 is 0 Å². The zero-order chi connectivity index (χ0) is 12.4. The van der Waals surface area contributed by atoms with Crippen LogP contribution in [0.3, 0.4) is 0 Å². The number of rotatable bonds is 2. The molecule has 17 heavy (non-hydrogen) atoms. The van der Waals surface area contributed by atoms with Crippen LogP contribution in [0.1, 0.15) is 11.1 Å². The summed E-state index contributed by atoms with van der Waals surface area (Å²) in [6, 6.07) is 5.81. The molecule has 5 nitrogen and oxygen atoms in total. The molecule has 2 rings (SSSR count). The van der Waals surface area contributed by atoms with E-state index in [9.17, 15) is 0 Å². The zero-order valence-electron chi connectivity index (χ0n) is 9.61. The van der Waals surface area contributed by atoms with Gasteiger partial charge in [-0.1, -0.05) is 6.07 Å². The Morgan fingerprint density at radius 3 is 2.82 bits per heavy atom. The number of hydrazine groups is 1. The normalized spacial score (nSPS) is 10.0. The van der Waals surface area contributed by atoms with Crippen molar-refractivity contribution < 1.29 is 4.74 Å². The van der Waals surface area contributed by atoms with E-state index in [2.05, 4.69) is 16.5 Å². The van der Waals surface area contributed by atoms with E-state index in [0.29, 0.717) is 22.5 Å². The summed E-state index contributed by atoms with van der Waals surface area (Å²) in [6.45, 7) is 1.94. The lowest BCUT2D eigenvalue weighted by atomic mass is 10.0. The summed E-state index contributed by atoms with van der Waals surface area (Å²) >= 11 is 0. The minimum atomic E-state index is 0.413. The van der Waals surface area contributed by atoms with Gasteiger partial charge in [0.25, 0.3) is 0 Å². The fraction of sp³-hybridized carbons (Fsp3) is 0.167. The van der Waals surface area contributed by atoms with Gasteiger partial charge in [-0.15, -0.1) is 0 Å². The maximum Gasteiger partial charge on any atom is 0.145 e. The molecule has 0 saturated carbocycles. The number of aromatic nitrogens is 1. The van der Waals surface area contributed by atoms with Gasteiger partial charge in [-0.3, -0.25) is 10.8 Å². The highest BCUT2D eigenvalue weighted by Crippen LogP contribution is 2.33. The fourth-order valence-electron chi connectivity index (χ4n) is 1.84. The minimum absolute atomic E-state index is 0.413. The molecule has 0 amide bonds. The second-order valence-electron chi connectivity index (χ2n) is 3.61. The number of fused-ring (bicyclic) bond motifs is 1. The van der Waals surface area contributed by atoms with E-state index >= 15 is 0 Å². The van der Waals surface area contributed by atoms with Crippen LogP contribution in [-0.2, 0) is 0 Å². The molecule has 86 valence electrons. The number of aryl methyl sites for hydroxylation is 1. The first-order valence-corrected chi connectivity index (χ1v) is 5.06. The molecule has 0 aliphatic rings. The number of nitrogen functional groups attached to an aromatic ring is 1. The van der Waals surface area contributed by atoms with Crippen molar-refractivity contribution in [3.63, 3.8) is 0 Å². The Morgan fingerprint density at radius 2 is 2.24 bits per heavy atom. The largest absolute Gasteiger partial charge is 0.494 e. The van der Waals surface area contributed by atoms with Gasteiger partial charge in [-0.2, -0.15) is 5.26 Å². The van der Waals surface area contributed by atoms with E-state index in [4.69, 9.17) is 15.8 Å². The number of nitriles is 1. The number of nitrogens with zero attached hydrogens (tertiary/aromatic N) is 2. The first-order valence-electron chi connectivity index (χ1n) is 5.06. The summed E-state index contributed by atoms with van der Waals surface area (Å²) < 4.78 is 5.24. The molecule has 1 aromatic carbocycles. The lowest BCUT2D eigenvalue weighted by molar-refractivity contribution is 0.419. The Hall–Kier alpha value is -2.32. The molecule has 5 heteroatoms. The van der Waals surface area contributed by atoms with Crippen LogP contribution in [0.25, 0.3) is 10.9 Å². The number of pyridine rings is 1. The quantitative estimate of drug-likeness (QED) is 0.603. The predicted octanol–water partition coefficient (Wildman–Crippen LogP) is 1.71. The fourth-order valence-corrected chi connectivity index (χ4v) is 1.84. The molecule has 2 aromatic rings. The maximum absolute atomic E-state index is 9.01. The number of hydrogen-bond donors (Lipinski definition) is 2. The monoisotopic (exact) mass is 228 g/mol. The number of methoxy groups -OCH3 is 1. The third-order valence-electron chi connectivity index (χ3n) is 2.68. The lowest BCUT2D eigenvalue weighted by Crippen LogP contribution is -2.10. The van der Waals surface area contributed by atoms with E-state index in [1.54, 1.807) is 7.11 Å². The Bertz CT molecular complexity index is 616. The molecule has 1 aromatic heterocycles. The van der Waals surface area contributed by atoms with E-state index in [-0.39, 0.29) is 0 Å². The molecule has 0 unspecified atom stereocenters. The van der Waals surface area contributed by atoms with Crippen molar-refractivity contribution in [2.24, 2.45) is 5.84 Å². The maximum atomic E-state index is 9.01. The summed E-state index contributed by atoms with van der Waals surface area (Å²) in [5.41, 5.74) is 5.23. The van der Waals surface area contributed by atoms with Crippen LogP contribution in [0.2, 0.25) is 0 Å². The van der Waals surface area contributed by atoms with Gasteiger partial charge in [0.05, 0.1) is 18.4 Å². The van der Waals surface area contributed by atoms with Crippen molar-refractivity contribution in [3.8, 4) is 11.8 Å². The summed E-state index contributed by atoms with van der Waals surface area (Å²) in [6.07, 6.45) is 1.49. The lowest BCUT2D eigenvalue weighted by Gasteiger charge is -2.12. The molecule has 0 aliphatic heterocycles. The van der Waals surface area contributed by atoms with Crippen molar-refractivity contribution in [1.82, 2.24) is 4.98 Å². The molecular weight excluding hydrogens is 216 g/mol. The Kier molecular flexibility index (Phi) is 2.81. The SMILES string of the molecule is COc1ccc(C)c2c(NN)c(C#N)cnc12. The number of anilines is 1. The Morgan fingerprint density at radius 1 is 1.47 bits per heavy atom. The molecule has 0 bridgehead atoms. The first kappa shape index (κ1) is 11.2. The van der Waals surface area contributed by atoms with E-state index in [0.717, 1.165) is 10.9 Å². The molecule has 0 radical (unpaired) electrons. The summed E-state index contributed by atoms with van der Waals surface area (Å²) in [7, 11) is 1.58. The van der Waals surface area contributed by atoms with E-state index in [1.165, 1.54) is 6.20 Å². The topological polar surface area (TPSA) is 84.0 Å². The Balaban J connectivity index is 2.94. The van der Waals surface area contributed by atoms with Gasteiger partial charge in [0.15, 0.2) is 0 Å². The summed E-state index contributed by atoms with van der Waals surface area (Å²) in [5.74, 6) is 6.14. The van der Waals surface area contributed by atoms with Crippen LogP contribution in [0.4, 0.5) is 5.69 Å². The Labute approximate surface area is 98.8 Å². The third kappa shape index (κ3) is 1.65. The second kappa shape index (κ2) is 4.28. The van der Waals surface area contributed by atoms with Crippen molar-refractivity contribution >= 4 is 16.6 Å². The van der Waals surface area contributed by atoms with Gasteiger partial charge >= 0.3 is 0 Å². The molecular formula is C12H12N4O. The van der Waals surface area contributed by atoms with Gasteiger partial charge in [-0.05, 0) is 18.6 Å². The van der Waals surface area contributed by atoms with Gasteiger partial charge in [0.2, 0.25) is 0 Å². The molecule has 1 heterocycles. The number of hydrogen-bond acceptors (Lipinski definition) is 5. The molecule has 0 spiro atoms. The van der Waals surface area contributed by atoms with Crippen molar-refractivity contribution in [3.05, 3.63) is 29.5 Å². The zero-order valence-corrected chi connectivity index (χ0v) is 9.61. The van der Waals surface area contributed by atoms with Crippen LogP contribution in [-0.4, -0.2) is 12.1 Å². The van der Waals surface area contributed by atoms with Crippen LogP contribution in [0.5, 0.6) is 5.75 Å². The molecule has 3 N–H and O–H groups in total. The van der Waals surface area contributed by atoms with Gasteiger partial charge in [0.1, 0.15) is 17.3 Å². The standard InChI is InChI=1S/C12H12N4O/c1-7-3-4-9(17-2)12-10(7)11(16-14)8(5-13)6-15-12/h3-4,6H,14H2,1-2H3,(H,15,16). The van der Waals surface area contributed by atoms with Crippen molar-refractivity contribution in [1.29, 1.82) is 5.26 Å². The number of nitrogens with one attached hydrogen (secondary N) is 1. The minimum Gasteiger partial charge on any atom is -0.494 e. The van der Waals surface area contributed by atoms with Gasteiger partial charge < -0.3 is 10.2 Å². The highest BCUT2D eigenvalue weighted by atomic mass is 16.5. The predicted molar refractivity (Wildman–Crippen MR) is 65.6 cm³/mol. The third-order valence-corrected chi connectivity index (χ3v) is 2.68. The van der Waals surface area contributed by atoms with Crippen molar-refractivity contribution in [2.45, 2.75) is 6.92 Å². The van der Waals surface area contributed by atoms with Crippen LogP contribution in [0.15, 0.2) is 18.3 Å². The highest BCUT2D eigenvalue weighted by molar-refractivity contribution is 5.99. The first-order chi connectivity index (χ1) is 8.22. The summed E-state index contributed by atoms with van der Waals surface area (Å²) in [4.78, 5) is 4.25. The highest BCUT2D eigenvalue weighted by Gasteiger charge is 2.13. The number of nitrogens with two attached hydrogens (primary N) is 1. The average Bonchev–Trinajstić information content (AvgIpc) is 2.37. The average molecular weight is 228 g/mol. The van der Waals surface area contributed by atoms with Crippen LogP contribution >= 0.6 is 0 Å². The van der Waals surface area contributed by atoms with E-state index in [1.807, 2.05) is 19.1 Å². The van der Waals surface area contributed by atoms with Gasteiger partial charge in [-0.25, -0.2) is 0 Å². The number of ether oxygens (including phenoxy) is 1. The van der Waals surface area contributed by atoms with Crippen molar-refractivity contribution in [2.75, 3.05) is 12.5 Å². The molecule has 0 saturated heterocycles. The second-order valence-corrected chi connectivity index (χ2v) is 3.61. The molecule has 0 atom stereocenters. The molecule has 0 fully saturated rings. The smallest absolute Gasteiger partial charge is 0.145 e. The molecule has 0 aliphatic carbocycles.